The molecule has 0 saturated carbocycles. The molecule has 4 amide bonds. The van der Waals surface area contributed by atoms with E-state index in [0.29, 0.717) is 10.6 Å². The average molecular weight is 619 g/mol. The van der Waals surface area contributed by atoms with E-state index in [4.69, 9.17) is 9.47 Å². The monoisotopic (exact) mass is 618 g/mol. The van der Waals surface area contributed by atoms with Crippen LogP contribution >= 0.6 is 0 Å². The molecular formula is C24H38N6O11S. The fourth-order valence-electron chi connectivity index (χ4n) is 4.82. The molecule has 1 aromatic rings. The van der Waals surface area contributed by atoms with E-state index in [2.05, 4.69) is 20.0 Å². The Bertz CT molecular complexity index is 1350. The van der Waals surface area contributed by atoms with Crippen molar-refractivity contribution in [2.45, 2.75) is 103 Å². The topological polar surface area (TPSA) is 219 Å². The number of nitrogens with zero attached hydrogens (tertiary/aromatic N) is 4. The minimum absolute atomic E-state index is 0.00526. The summed E-state index contributed by atoms with van der Waals surface area (Å²) in [5.74, 6) is -0.710. The van der Waals surface area contributed by atoms with Crippen LogP contribution in [0.1, 0.15) is 85.2 Å². The maximum atomic E-state index is 13.1. The molecule has 2 aliphatic rings. The molecular weight excluding hydrogens is 580 g/mol. The second kappa shape index (κ2) is 11.2. The van der Waals surface area contributed by atoms with Crippen LogP contribution in [-0.2, 0) is 35.5 Å². The lowest BCUT2D eigenvalue weighted by molar-refractivity contribution is -0.157. The van der Waals surface area contributed by atoms with Crippen molar-refractivity contribution in [2.24, 2.45) is 0 Å². The highest BCUT2D eigenvalue weighted by atomic mass is 32.3. The molecule has 1 aromatic heterocycles. The number of urea groups is 1. The van der Waals surface area contributed by atoms with Gasteiger partial charge in [-0.3, -0.25) is 9.23 Å². The summed E-state index contributed by atoms with van der Waals surface area (Å²) >= 11 is 0. The molecule has 4 N–H and O–H groups in total. The van der Waals surface area contributed by atoms with Gasteiger partial charge < -0.3 is 30.1 Å². The van der Waals surface area contributed by atoms with E-state index in [-0.39, 0.29) is 25.2 Å². The van der Waals surface area contributed by atoms with E-state index in [1.807, 2.05) is 0 Å². The molecule has 3 atom stereocenters. The van der Waals surface area contributed by atoms with Crippen LogP contribution in [-0.4, -0.2) is 91.3 Å². The zero-order valence-corrected chi connectivity index (χ0v) is 25.5. The summed E-state index contributed by atoms with van der Waals surface area (Å²) in [4.78, 5) is 51.3. The summed E-state index contributed by atoms with van der Waals surface area (Å²) < 4.78 is 49.0. The number of hydroxylamine groups is 2. The molecule has 2 aliphatic heterocycles. The van der Waals surface area contributed by atoms with Crippen LogP contribution in [0.3, 0.4) is 0 Å². The third-order valence-corrected chi connectivity index (χ3v) is 6.50. The molecule has 3 heterocycles. The first-order valence-electron chi connectivity index (χ1n) is 13.0. The van der Waals surface area contributed by atoms with E-state index in [1.54, 1.807) is 41.5 Å². The van der Waals surface area contributed by atoms with Crippen molar-refractivity contribution in [1.29, 1.82) is 0 Å². The second-order valence-corrected chi connectivity index (χ2v) is 13.6. The van der Waals surface area contributed by atoms with Crippen molar-refractivity contribution in [3.63, 3.8) is 0 Å². The Balaban J connectivity index is 1.95. The summed E-state index contributed by atoms with van der Waals surface area (Å²) in [5, 5.41) is 19.3. The van der Waals surface area contributed by atoms with Crippen molar-refractivity contribution in [1.82, 2.24) is 30.4 Å². The van der Waals surface area contributed by atoms with E-state index in [1.165, 1.54) is 29.6 Å². The van der Waals surface area contributed by atoms with Gasteiger partial charge in [-0.05, 0) is 61.8 Å². The van der Waals surface area contributed by atoms with Crippen LogP contribution in [0, 0.1) is 0 Å². The molecule has 236 valence electrons. The predicted octanol–water partition coefficient (Wildman–Crippen LogP) is 2.12. The molecule has 2 unspecified atom stereocenters. The minimum atomic E-state index is -5.08. The molecule has 2 bridgehead atoms. The van der Waals surface area contributed by atoms with Crippen molar-refractivity contribution in [3.05, 3.63) is 17.5 Å². The summed E-state index contributed by atoms with van der Waals surface area (Å²) in [6, 6.07) is -4.08. The summed E-state index contributed by atoms with van der Waals surface area (Å²) in [7, 11) is -5.08. The summed E-state index contributed by atoms with van der Waals surface area (Å²) in [6.45, 7) is 13.0. The van der Waals surface area contributed by atoms with Crippen molar-refractivity contribution < 1.29 is 51.0 Å². The highest BCUT2D eigenvalue weighted by Gasteiger charge is 2.55. The van der Waals surface area contributed by atoms with Crippen LogP contribution < -0.4 is 10.6 Å². The van der Waals surface area contributed by atoms with Crippen LogP contribution in [0.15, 0.2) is 6.20 Å². The van der Waals surface area contributed by atoms with Crippen LogP contribution in [0.25, 0.3) is 0 Å². The Labute approximate surface area is 243 Å². The number of esters is 1. The van der Waals surface area contributed by atoms with Gasteiger partial charge >= 0.3 is 34.6 Å². The van der Waals surface area contributed by atoms with Gasteiger partial charge in [0.1, 0.15) is 29.3 Å². The largest absolute Gasteiger partial charge is 0.465 e. The zero-order chi connectivity index (χ0) is 32.0. The number of nitrogens with one attached hydrogen (secondary N) is 2. The Morgan fingerprint density at radius 2 is 1.69 bits per heavy atom. The van der Waals surface area contributed by atoms with Gasteiger partial charge in [0.15, 0.2) is 0 Å². The molecule has 1 saturated heterocycles. The molecule has 17 nitrogen and oxygen atoms in total. The number of fused-ring (bicyclic) bond motifs is 4. The number of rotatable bonds is 9. The standard InChI is InChI=1S/C24H38N6O11S/c1-22(2,3)39-18(31)14(25-20(34)40-23(4,5)6)9-10-28-11-13-15-12-29(21(35)30(15)41-42(36,37)38)17(16(13)27-28)24(7,8)26-19(32)33/h11,14-15,17,26H,9-10,12H2,1-8H3,(H,25,34)(H,32,33)(H,36,37,38)/t14?,15-,17?/m1/s1. The molecule has 0 aliphatic carbocycles. The predicted molar refractivity (Wildman–Crippen MR) is 143 cm³/mol. The van der Waals surface area contributed by atoms with E-state index in [0.717, 1.165) is 0 Å². The van der Waals surface area contributed by atoms with Gasteiger partial charge in [0.05, 0.1) is 17.8 Å². The Hall–Kier alpha value is -3.64. The molecule has 0 aromatic carbocycles. The van der Waals surface area contributed by atoms with Crippen molar-refractivity contribution in [3.8, 4) is 0 Å². The maximum Gasteiger partial charge on any atom is 0.418 e. The number of hydrogen-bond acceptors (Lipinski definition) is 10. The molecule has 0 spiro atoms. The van der Waals surface area contributed by atoms with Gasteiger partial charge in [-0.15, -0.1) is 4.28 Å². The molecule has 1 fully saturated rings. The molecule has 0 radical (unpaired) electrons. The van der Waals surface area contributed by atoms with Crippen molar-refractivity contribution >= 4 is 34.6 Å². The number of hydrogen-bond donors (Lipinski definition) is 4. The van der Waals surface area contributed by atoms with E-state index in [9.17, 15) is 37.3 Å². The normalized spacial score (nSPS) is 19.7. The zero-order valence-electron chi connectivity index (χ0n) is 24.7. The van der Waals surface area contributed by atoms with Crippen LogP contribution in [0.4, 0.5) is 14.4 Å². The SMILES string of the molecule is CC(C)(C)OC(=O)NC(CCn1cc2c(n1)C(C(C)(C)NC(=O)O)N1C[C@H]2N(OS(=O)(=O)O)C1=O)C(=O)OC(C)(C)C. The molecule has 3 rings (SSSR count). The first-order valence-corrected chi connectivity index (χ1v) is 14.4. The molecule has 42 heavy (non-hydrogen) atoms. The second-order valence-electron chi connectivity index (χ2n) is 12.6. The molecule has 18 heteroatoms. The number of aromatic nitrogens is 2. The Kier molecular flexibility index (Phi) is 8.78. The highest BCUT2D eigenvalue weighted by Crippen LogP contribution is 2.47. The Morgan fingerprint density at radius 3 is 2.21 bits per heavy atom. The lowest BCUT2D eigenvalue weighted by atomic mass is 9.85. The quantitative estimate of drug-likeness (QED) is 0.231. The van der Waals surface area contributed by atoms with Gasteiger partial charge in [-0.25, -0.2) is 19.2 Å². The van der Waals surface area contributed by atoms with E-state index >= 15 is 0 Å². The van der Waals surface area contributed by atoms with Gasteiger partial charge in [-0.1, -0.05) is 0 Å². The lowest BCUT2D eigenvalue weighted by Crippen LogP contribution is -2.55. The van der Waals surface area contributed by atoms with Gasteiger partial charge in [0, 0.05) is 18.3 Å². The first kappa shape index (κ1) is 32.9. The summed E-state index contributed by atoms with van der Waals surface area (Å²) in [5.41, 5.74) is -2.40. The van der Waals surface area contributed by atoms with Gasteiger partial charge in [-0.2, -0.15) is 18.6 Å². The number of alkyl carbamates (subject to hydrolysis) is 1. The maximum absolute atomic E-state index is 13.1. The number of carbonyl (C=O) groups is 4. The average Bonchev–Trinajstić information content (AvgIpc) is 3.28. The number of ether oxygens (including phenoxy) is 2. The highest BCUT2D eigenvalue weighted by molar-refractivity contribution is 7.80. The number of carboxylic acid groups (broad SMARTS) is 1. The number of carbonyl (C=O) groups excluding carboxylic acids is 3. The first-order chi connectivity index (χ1) is 19.0. The Morgan fingerprint density at radius 1 is 1.10 bits per heavy atom. The number of aryl methyl sites for hydroxylation is 1. The number of amides is 4. The fourth-order valence-corrected chi connectivity index (χ4v) is 5.19. The third kappa shape index (κ3) is 8.01. The fraction of sp³-hybridized carbons (Fsp3) is 0.708. The van der Waals surface area contributed by atoms with Crippen LogP contribution in [0.2, 0.25) is 0 Å². The van der Waals surface area contributed by atoms with E-state index < -0.39 is 69.5 Å². The smallest absolute Gasteiger partial charge is 0.418 e. The third-order valence-electron chi connectivity index (χ3n) is 6.15. The minimum Gasteiger partial charge on any atom is -0.465 e. The summed E-state index contributed by atoms with van der Waals surface area (Å²) in [6.07, 6.45) is -0.704. The van der Waals surface area contributed by atoms with Gasteiger partial charge in [0.25, 0.3) is 0 Å². The van der Waals surface area contributed by atoms with Crippen molar-refractivity contribution in [2.75, 3.05) is 6.54 Å². The van der Waals surface area contributed by atoms with Crippen LogP contribution in [0.5, 0.6) is 0 Å². The lowest BCUT2D eigenvalue weighted by Gasteiger charge is -2.40. The van der Waals surface area contributed by atoms with Gasteiger partial charge in [0.2, 0.25) is 0 Å².